The highest BCUT2D eigenvalue weighted by Crippen LogP contribution is 2.29. The van der Waals surface area contributed by atoms with E-state index in [1.165, 1.54) is 11.0 Å². The second-order valence-electron chi connectivity index (χ2n) is 9.20. The van der Waals surface area contributed by atoms with Crippen molar-refractivity contribution in [1.82, 2.24) is 9.80 Å². The predicted octanol–water partition coefficient (Wildman–Crippen LogP) is 1.09. The molecule has 0 radical (unpaired) electrons. The Bertz CT molecular complexity index is 1220. The molecule has 0 aliphatic carbocycles. The van der Waals surface area contributed by atoms with Crippen LogP contribution in [0.2, 0.25) is 5.02 Å². The van der Waals surface area contributed by atoms with Gasteiger partial charge in [0.05, 0.1) is 24.5 Å². The summed E-state index contributed by atoms with van der Waals surface area (Å²) in [7, 11) is 1.62. The van der Waals surface area contributed by atoms with Crippen LogP contribution in [0.3, 0.4) is 0 Å². The molecule has 0 spiro atoms. The van der Waals surface area contributed by atoms with Crippen LogP contribution in [0.25, 0.3) is 0 Å². The lowest BCUT2D eigenvalue weighted by atomic mass is 10.0. The molecule has 0 bridgehead atoms. The summed E-state index contributed by atoms with van der Waals surface area (Å²) in [5.74, 6) is -3.02. The zero-order chi connectivity index (χ0) is 27.4. The van der Waals surface area contributed by atoms with Crippen LogP contribution >= 0.6 is 11.6 Å². The van der Waals surface area contributed by atoms with Crippen molar-refractivity contribution in [2.45, 2.75) is 12.5 Å². The molecule has 2 aromatic carbocycles. The molecule has 2 heterocycles. The summed E-state index contributed by atoms with van der Waals surface area (Å²) < 4.78 is 5.08. The lowest BCUT2D eigenvalue weighted by Crippen LogP contribution is -2.59. The molecule has 1 atom stereocenters. The first-order valence-corrected chi connectivity index (χ1v) is 12.6. The average Bonchev–Trinajstić information content (AvgIpc) is 2.90. The van der Waals surface area contributed by atoms with E-state index < -0.39 is 23.8 Å². The van der Waals surface area contributed by atoms with Crippen molar-refractivity contribution < 1.29 is 29.0 Å². The lowest BCUT2D eigenvalue weighted by Gasteiger charge is -2.37. The summed E-state index contributed by atoms with van der Waals surface area (Å²) in [6.07, 6.45) is 0.00663. The Balaban J connectivity index is 1.43. The Morgan fingerprint density at radius 1 is 1.03 bits per heavy atom. The second-order valence-corrected chi connectivity index (χ2v) is 9.63. The van der Waals surface area contributed by atoms with Crippen molar-refractivity contribution >= 4 is 52.4 Å². The van der Waals surface area contributed by atoms with Gasteiger partial charge in [-0.05, 0) is 35.9 Å². The van der Waals surface area contributed by atoms with E-state index in [1.54, 1.807) is 48.4 Å². The SMILES string of the molecule is COCCN1CCN(c2ccc(CC(C(=O)O)N3CCN(c4cc(Cl)ccc4N)C(=O)C3=O)cc2)C(=O)C1. The topological polar surface area (TPSA) is 137 Å². The van der Waals surface area contributed by atoms with E-state index in [0.29, 0.717) is 42.5 Å². The van der Waals surface area contributed by atoms with Gasteiger partial charge in [0.15, 0.2) is 0 Å². The van der Waals surface area contributed by atoms with E-state index in [9.17, 15) is 24.3 Å². The molecule has 11 nitrogen and oxygen atoms in total. The molecule has 38 heavy (non-hydrogen) atoms. The number of ether oxygens (including phenoxy) is 1. The maximum absolute atomic E-state index is 13.0. The fourth-order valence-electron chi connectivity index (χ4n) is 4.70. The van der Waals surface area contributed by atoms with Crippen molar-refractivity contribution in [3.63, 3.8) is 0 Å². The van der Waals surface area contributed by atoms with Gasteiger partial charge in [-0.2, -0.15) is 0 Å². The molecule has 2 saturated heterocycles. The summed E-state index contributed by atoms with van der Waals surface area (Å²) >= 11 is 6.03. The quantitative estimate of drug-likeness (QED) is 0.354. The van der Waals surface area contributed by atoms with Crippen molar-refractivity contribution in [2.75, 3.05) is 68.5 Å². The molecule has 2 aromatic rings. The van der Waals surface area contributed by atoms with Crippen LogP contribution in [0, 0.1) is 0 Å². The number of nitrogens with two attached hydrogens (primary N) is 1. The van der Waals surface area contributed by atoms with E-state index in [-0.39, 0.29) is 31.1 Å². The summed E-state index contributed by atoms with van der Waals surface area (Å²) in [6.45, 7) is 2.91. The number of carbonyl (C=O) groups is 4. The van der Waals surface area contributed by atoms with Crippen LogP contribution in [0.5, 0.6) is 0 Å². The van der Waals surface area contributed by atoms with Gasteiger partial charge >= 0.3 is 17.8 Å². The lowest BCUT2D eigenvalue weighted by molar-refractivity contribution is -0.155. The largest absolute Gasteiger partial charge is 0.480 e. The molecule has 2 fully saturated rings. The normalized spacial score (nSPS) is 17.7. The van der Waals surface area contributed by atoms with Gasteiger partial charge in [-0.1, -0.05) is 23.7 Å². The summed E-state index contributed by atoms with van der Waals surface area (Å²) in [4.78, 5) is 56.7. The number of carboxylic acid groups (broad SMARTS) is 1. The summed E-state index contributed by atoms with van der Waals surface area (Å²) in [5.41, 5.74) is 7.95. The minimum absolute atomic E-state index is 0.00663. The van der Waals surface area contributed by atoms with Gasteiger partial charge in [-0.3, -0.25) is 19.3 Å². The van der Waals surface area contributed by atoms with Crippen molar-refractivity contribution in [3.05, 3.63) is 53.1 Å². The predicted molar refractivity (Wildman–Crippen MR) is 142 cm³/mol. The average molecular weight is 544 g/mol. The van der Waals surface area contributed by atoms with Crippen LogP contribution in [-0.4, -0.2) is 97.6 Å². The van der Waals surface area contributed by atoms with Crippen LogP contribution in [0.1, 0.15) is 5.56 Å². The molecule has 12 heteroatoms. The number of piperazine rings is 2. The minimum Gasteiger partial charge on any atom is -0.480 e. The molecule has 0 aromatic heterocycles. The van der Waals surface area contributed by atoms with Crippen molar-refractivity contribution in [2.24, 2.45) is 0 Å². The molecule has 202 valence electrons. The molecule has 3 amide bonds. The van der Waals surface area contributed by atoms with Crippen LogP contribution < -0.4 is 15.5 Å². The first-order chi connectivity index (χ1) is 18.2. The first-order valence-electron chi connectivity index (χ1n) is 12.2. The zero-order valence-corrected chi connectivity index (χ0v) is 21.8. The van der Waals surface area contributed by atoms with Gasteiger partial charge in [-0.15, -0.1) is 0 Å². The summed E-state index contributed by atoms with van der Waals surface area (Å²) in [6, 6.07) is 10.4. The van der Waals surface area contributed by atoms with E-state index in [4.69, 9.17) is 22.1 Å². The number of aliphatic carboxylic acids is 1. The Morgan fingerprint density at radius 2 is 1.74 bits per heavy atom. The monoisotopic (exact) mass is 543 g/mol. The number of carboxylic acids is 1. The highest BCUT2D eigenvalue weighted by Gasteiger charge is 2.40. The highest BCUT2D eigenvalue weighted by atomic mass is 35.5. The summed E-state index contributed by atoms with van der Waals surface area (Å²) in [5, 5.41) is 10.3. The fraction of sp³-hybridized carbons (Fsp3) is 0.385. The fourth-order valence-corrected chi connectivity index (χ4v) is 4.87. The standard InChI is InChI=1S/C26H30ClN5O6/c1-38-13-12-29-8-9-30(23(33)16-29)19-5-2-17(3-6-19)14-22(26(36)37)32-11-10-31(24(34)25(32)35)21-15-18(27)4-7-20(21)28/h2-7,15,22H,8-14,16,28H2,1H3,(H,36,37). The maximum atomic E-state index is 13.0. The van der Waals surface area contributed by atoms with Crippen LogP contribution in [0.15, 0.2) is 42.5 Å². The number of methoxy groups -OCH3 is 1. The number of nitrogens with zero attached hydrogens (tertiary/aromatic N) is 4. The van der Waals surface area contributed by atoms with E-state index >= 15 is 0 Å². The van der Waals surface area contributed by atoms with Crippen LogP contribution in [-0.2, 0) is 30.3 Å². The molecule has 2 aliphatic rings. The van der Waals surface area contributed by atoms with Gasteiger partial charge in [-0.25, -0.2) is 4.79 Å². The Hall–Kier alpha value is -3.67. The smallest absolute Gasteiger partial charge is 0.326 e. The minimum atomic E-state index is -1.23. The van der Waals surface area contributed by atoms with Gasteiger partial charge in [0.1, 0.15) is 6.04 Å². The number of rotatable bonds is 9. The van der Waals surface area contributed by atoms with E-state index in [0.717, 1.165) is 17.1 Å². The molecule has 0 saturated carbocycles. The third-order valence-corrected chi connectivity index (χ3v) is 7.02. The highest BCUT2D eigenvalue weighted by molar-refractivity contribution is 6.41. The Labute approximate surface area is 225 Å². The number of hydrogen-bond acceptors (Lipinski definition) is 7. The molecule has 4 rings (SSSR count). The molecule has 2 aliphatic heterocycles. The number of benzene rings is 2. The molecule has 1 unspecified atom stereocenters. The number of halogens is 1. The first kappa shape index (κ1) is 27.4. The molecular formula is C26H30ClN5O6. The van der Waals surface area contributed by atoms with Gasteiger partial charge in [0.25, 0.3) is 0 Å². The van der Waals surface area contributed by atoms with Gasteiger partial charge < -0.3 is 30.3 Å². The third kappa shape index (κ3) is 5.90. The molecular weight excluding hydrogens is 514 g/mol. The maximum Gasteiger partial charge on any atom is 0.326 e. The van der Waals surface area contributed by atoms with Crippen molar-refractivity contribution in [1.29, 1.82) is 0 Å². The van der Waals surface area contributed by atoms with E-state index in [2.05, 4.69) is 0 Å². The zero-order valence-electron chi connectivity index (χ0n) is 21.0. The van der Waals surface area contributed by atoms with Crippen LogP contribution in [0.4, 0.5) is 17.1 Å². The number of amides is 3. The third-order valence-electron chi connectivity index (χ3n) is 6.79. The number of hydrogen-bond donors (Lipinski definition) is 2. The number of nitrogen functional groups attached to an aromatic ring is 1. The van der Waals surface area contributed by atoms with Crippen molar-refractivity contribution in [3.8, 4) is 0 Å². The van der Waals surface area contributed by atoms with Gasteiger partial charge in [0, 0.05) is 57.0 Å². The Kier molecular flexibility index (Phi) is 8.50. The second kappa shape index (κ2) is 11.8. The Morgan fingerprint density at radius 3 is 2.39 bits per heavy atom. The van der Waals surface area contributed by atoms with Gasteiger partial charge in [0.2, 0.25) is 5.91 Å². The number of anilines is 3. The molecule has 3 N–H and O–H groups in total. The van der Waals surface area contributed by atoms with E-state index in [1.807, 2.05) is 4.90 Å². The number of carbonyl (C=O) groups excluding carboxylic acids is 3.